The van der Waals surface area contributed by atoms with Gasteiger partial charge in [-0.1, -0.05) is 25.8 Å². The molecule has 0 aliphatic heterocycles. The first-order valence-electron chi connectivity index (χ1n) is 6.57. The summed E-state index contributed by atoms with van der Waals surface area (Å²) >= 11 is 0. The van der Waals surface area contributed by atoms with Crippen molar-refractivity contribution in [3.63, 3.8) is 0 Å². The van der Waals surface area contributed by atoms with Crippen LogP contribution in [0.15, 0.2) is 12.7 Å². The van der Waals surface area contributed by atoms with E-state index in [9.17, 15) is 4.79 Å². The van der Waals surface area contributed by atoms with Gasteiger partial charge in [0.15, 0.2) is 6.10 Å². The third-order valence-corrected chi connectivity index (χ3v) is 3.48. The van der Waals surface area contributed by atoms with E-state index in [1.165, 1.54) is 26.4 Å². The fraction of sp³-hybridized carbons (Fsp3) is 0.786. The molecule has 0 saturated heterocycles. The lowest BCUT2D eigenvalue weighted by Crippen LogP contribution is -2.35. The summed E-state index contributed by atoms with van der Waals surface area (Å²) in [5.74, 6) is 0.260. The lowest BCUT2D eigenvalue weighted by Gasteiger charge is -2.33. The highest BCUT2D eigenvalue weighted by molar-refractivity contribution is 5.74. The molecule has 0 amide bonds. The molecule has 1 fully saturated rings. The second kappa shape index (κ2) is 7.49. The summed E-state index contributed by atoms with van der Waals surface area (Å²) in [6.45, 7) is 5.74. The molecule has 1 rings (SSSR count). The Morgan fingerprint density at radius 2 is 2.18 bits per heavy atom. The van der Waals surface area contributed by atoms with Gasteiger partial charge in [-0.25, -0.2) is 4.79 Å². The van der Waals surface area contributed by atoms with E-state index in [-0.39, 0.29) is 12.1 Å². The second-order valence-corrected chi connectivity index (χ2v) is 4.66. The molecule has 1 aliphatic carbocycles. The summed E-state index contributed by atoms with van der Waals surface area (Å²) in [5, 5.41) is 0. The maximum Gasteiger partial charge on any atom is 0.334 e. The molecule has 3 unspecified atom stereocenters. The van der Waals surface area contributed by atoms with Crippen LogP contribution in [0.3, 0.4) is 0 Å². The van der Waals surface area contributed by atoms with Crippen LogP contribution in [-0.4, -0.2) is 25.3 Å². The van der Waals surface area contributed by atoms with Crippen molar-refractivity contribution in [2.45, 2.75) is 57.7 Å². The maximum atomic E-state index is 11.5. The molecule has 3 nitrogen and oxygen atoms in total. The van der Waals surface area contributed by atoms with Crippen molar-refractivity contribution < 1.29 is 14.3 Å². The molecule has 98 valence electrons. The molecule has 0 heterocycles. The van der Waals surface area contributed by atoms with Gasteiger partial charge in [0.05, 0.1) is 13.2 Å². The normalized spacial score (nSPS) is 26.2. The monoisotopic (exact) mass is 240 g/mol. The first kappa shape index (κ1) is 14.2. The zero-order valence-corrected chi connectivity index (χ0v) is 11.0. The highest BCUT2D eigenvalue weighted by atomic mass is 16.6. The van der Waals surface area contributed by atoms with Crippen LogP contribution < -0.4 is 0 Å². The van der Waals surface area contributed by atoms with Gasteiger partial charge in [0, 0.05) is 0 Å². The van der Waals surface area contributed by atoms with Gasteiger partial charge in [0.2, 0.25) is 0 Å². The highest BCUT2D eigenvalue weighted by Gasteiger charge is 2.29. The summed E-state index contributed by atoms with van der Waals surface area (Å²) in [4.78, 5) is 11.5. The standard InChI is InChI=1S/C14H24O3/c1-4-8-11-9-6-7-10-13(11)17-12(5-2)14(15)16-3/h4,11-13H,1,5-10H2,2-3H3. The molecule has 3 heteroatoms. The molecule has 0 N–H and O–H groups in total. The Morgan fingerprint density at radius 3 is 2.76 bits per heavy atom. The van der Waals surface area contributed by atoms with E-state index in [1.54, 1.807) is 0 Å². The SMILES string of the molecule is C=CCC1CCCCC1OC(CC)C(=O)OC. The van der Waals surface area contributed by atoms with Crippen LogP contribution in [0.5, 0.6) is 0 Å². The number of hydrogen-bond donors (Lipinski definition) is 0. The molecule has 0 radical (unpaired) electrons. The van der Waals surface area contributed by atoms with Gasteiger partial charge in [-0.2, -0.15) is 0 Å². The Balaban J connectivity index is 2.55. The average Bonchev–Trinajstić information content (AvgIpc) is 2.37. The van der Waals surface area contributed by atoms with E-state index >= 15 is 0 Å². The number of allylic oxidation sites excluding steroid dienone is 1. The predicted molar refractivity (Wildman–Crippen MR) is 67.7 cm³/mol. The number of esters is 1. The summed E-state index contributed by atoms with van der Waals surface area (Å²) in [5.41, 5.74) is 0. The summed E-state index contributed by atoms with van der Waals surface area (Å²) in [7, 11) is 1.41. The van der Waals surface area contributed by atoms with Crippen molar-refractivity contribution >= 4 is 5.97 Å². The summed E-state index contributed by atoms with van der Waals surface area (Å²) in [6.07, 6.45) is 8.04. The minimum Gasteiger partial charge on any atom is -0.467 e. The molecule has 0 aromatic carbocycles. The maximum absolute atomic E-state index is 11.5. The predicted octanol–water partition coefficient (Wildman–Crippen LogP) is 3.09. The van der Waals surface area contributed by atoms with E-state index in [2.05, 4.69) is 6.58 Å². The van der Waals surface area contributed by atoms with Crippen molar-refractivity contribution in [1.82, 2.24) is 0 Å². The van der Waals surface area contributed by atoms with Gasteiger partial charge >= 0.3 is 5.97 Å². The summed E-state index contributed by atoms with van der Waals surface area (Å²) < 4.78 is 10.7. The van der Waals surface area contributed by atoms with Gasteiger partial charge in [-0.3, -0.25) is 0 Å². The lowest BCUT2D eigenvalue weighted by atomic mass is 9.84. The number of hydrogen-bond acceptors (Lipinski definition) is 3. The van der Waals surface area contributed by atoms with Crippen LogP contribution in [0.25, 0.3) is 0 Å². The van der Waals surface area contributed by atoms with E-state index in [1.807, 2.05) is 13.0 Å². The second-order valence-electron chi connectivity index (χ2n) is 4.66. The number of ether oxygens (including phenoxy) is 2. The van der Waals surface area contributed by atoms with Crippen LogP contribution in [0.2, 0.25) is 0 Å². The van der Waals surface area contributed by atoms with Crippen LogP contribution in [0.4, 0.5) is 0 Å². The molecule has 1 aliphatic rings. The highest BCUT2D eigenvalue weighted by Crippen LogP contribution is 2.30. The van der Waals surface area contributed by atoms with Gasteiger partial charge in [0.25, 0.3) is 0 Å². The molecular formula is C14H24O3. The topological polar surface area (TPSA) is 35.5 Å². The fourth-order valence-corrected chi connectivity index (χ4v) is 2.50. The van der Waals surface area contributed by atoms with Crippen molar-refractivity contribution in [2.75, 3.05) is 7.11 Å². The Labute approximate surface area is 104 Å². The molecule has 3 atom stereocenters. The van der Waals surface area contributed by atoms with E-state index < -0.39 is 6.10 Å². The number of methoxy groups -OCH3 is 1. The minimum atomic E-state index is -0.407. The molecule has 1 saturated carbocycles. The van der Waals surface area contributed by atoms with Crippen molar-refractivity contribution in [3.05, 3.63) is 12.7 Å². The fourth-order valence-electron chi connectivity index (χ4n) is 2.50. The third-order valence-electron chi connectivity index (χ3n) is 3.48. The average molecular weight is 240 g/mol. The number of rotatable bonds is 6. The Hall–Kier alpha value is -0.830. The van der Waals surface area contributed by atoms with E-state index in [0.29, 0.717) is 12.3 Å². The summed E-state index contributed by atoms with van der Waals surface area (Å²) in [6, 6.07) is 0. The molecule has 0 aromatic heterocycles. The van der Waals surface area contributed by atoms with Crippen LogP contribution in [0, 0.1) is 5.92 Å². The Bertz CT molecular complexity index is 250. The molecule has 0 aromatic rings. The van der Waals surface area contributed by atoms with Crippen molar-refractivity contribution in [1.29, 1.82) is 0 Å². The van der Waals surface area contributed by atoms with Gasteiger partial charge in [-0.15, -0.1) is 6.58 Å². The van der Waals surface area contributed by atoms with Crippen molar-refractivity contribution in [2.24, 2.45) is 5.92 Å². The molecule has 17 heavy (non-hydrogen) atoms. The lowest BCUT2D eigenvalue weighted by molar-refractivity contribution is -0.162. The Morgan fingerprint density at radius 1 is 1.47 bits per heavy atom. The molecule has 0 bridgehead atoms. The van der Waals surface area contributed by atoms with Gasteiger partial charge in [0.1, 0.15) is 0 Å². The zero-order valence-electron chi connectivity index (χ0n) is 11.0. The first-order chi connectivity index (χ1) is 8.22. The van der Waals surface area contributed by atoms with Crippen LogP contribution in [-0.2, 0) is 14.3 Å². The number of carbonyl (C=O) groups excluding carboxylic acids is 1. The molecule has 0 spiro atoms. The Kier molecular flexibility index (Phi) is 6.27. The first-order valence-corrected chi connectivity index (χ1v) is 6.57. The molecular weight excluding hydrogens is 216 g/mol. The largest absolute Gasteiger partial charge is 0.467 e. The zero-order chi connectivity index (χ0) is 12.7. The third kappa shape index (κ3) is 4.15. The quantitative estimate of drug-likeness (QED) is 0.528. The van der Waals surface area contributed by atoms with E-state index in [0.717, 1.165) is 12.8 Å². The smallest absolute Gasteiger partial charge is 0.334 e. The van der Waals surface area contributed by atoms with Crippen LogP contribution >= 0.6 is 0 Å². The van der Waals surface area contributed by atoms with Crippen molar-refractivity contribution in [3.8, 4) is 0 Å². The van der Waals surface area contributed by atoms with Gasteiger partial charge < -0.3 is 9.47 Å². The van der Waals surface area contributed by atoms with Crippen LogP contribution in [0.1, 0.15) is 45.4 Å². The van der Waals surface area contributed by atoms with Gasteiger partial charge in [-0.05, 0) is 31.6 Å². The van der Waals surface area contributed by atoms with E-state index in [4.69, 9.17) is 9.47 Å². The minimum absolute atomic E-state index is 0.186. The number of carbonyl (C=O) groups is 1.